The number of halogens is 1. The molecule has 2 heterocycles. The number of nitrogens with zero attached hydrogens (tertiary/aromatic N) is 1. The van der Waals surface area contributed by atoms with Crippen molar-refractivity contribution in [3.8, 4) is 11.5 Å². The molecule has 0 radical (unpaired) electrons. The first-order chi connectivity index (χ1) is 9.67. The molecular formula is C15H21ClN2O3. The van der Waals surface area contributed by atoms with Gasteiger partial charge in [-0.05, 0) is 36.6 Å². The molecule has 1 aromatic carbocycles. The Morgan fingerprint density at radius 1 is 1.48 bits per heavy atom. The largest absolute Gasteiger partial charge is 0.497 e. The summed E-state index contributed by atoms with van der Waals surface area (Å²) >= 11 is 0. The number of ether oxygens (including phenoxy) is 2. The number of carbonyl (C=O) groups is 1. The van der Waals surface area contributed by atoms with Crippen LogP contribution in [0.25, 0.3) is 0 Å². The highest BCUT2D eigenvalue weighted by Crippen LogP contribution is 2.31. The van der Waals surface area contributed by atoms with E-state index in [-0.39, 0.29) is 30.3 Å². The molecule has 1 amide bonds. The molecule has 6 heteroatoms. The Balaban J connectivity index is 0.00000161. The summed E-state index contributed by atoms with van der Waals surface area (Å²) in [6.07, 6.45) is 1.60. The number of fused-ring (bicyclic) bond motifs is 1. The maximum Gasteiger partial charge on any atom is 0.229 e. The first-order valence-electron chi connectivity index (χ1n) is 7.01. The number of amides is 1. The van der Waals surface area contributed by atoms with Crippen LogP contribution < -0.4 is 15.2 Å². The standard InChI is InChI=1S/C15H20N2O3.ClH/c1-19-13-2-3-14-10(7-13)6-11(9-20-14)15(18)17-5-4-12(16)8-17;/h2-3,7,11-12H,4-6,8-9,16H2,1H3;1H/t11?,12-;/m1./s1. The first kappa shape index (κ1) is 15.9. The molecule has 0 spiro atoms. The monoisotopic (exact) mass is 312 g/mol. The number of benzene rings is 1. The lowest BCUT2D eigenvalue weighted by atomic mass is 9.95. The van der Waals surface area contributed by atoms with E-state index in [0.717, 1.165) is 30.0 Å². The molecule has 2 atom stereocenters. The van der Waals surface area contributed by atoms with Crippen LogP contribution in [-0.2, 0) is 11.2 Å². The molecule has 2 aliphatic rings. The predicted octanol–water partition coefficient (Wildman–Crippen LogP) is 1.23. The van der Waals surface area contributed by atoms with E-state index in [9.17, 15) is 4.79 Å². The van der Waals surface area contributed by atoms with Gasteiger partial charge in [-0.1, -0.05) is 0 Å². The van der Waals surface area contributed by atoms with Crippen molar-refractivity contribution in [3.63, 3.8) is 0 Å². The number of rotatable bonds is 2. The van der Waals surface area contributed by atoms with Gasteiger partial charge in [-0.15, -0.1) is 12.4 Å². The molecule has 1 aromatic rings. The van der Waals surface area contributed by atoms with Crippen LogP contribution in [0, 0.1) is 5.92 Å². The van der Waals surface area contributed by atoms with Crippen molar-refractivity contribution < 1.29 is 14.3 Å². The summed E-state index contributed by atoms with van der Waals surface area (Å²) in [7, 11) is 1.64. The molecule has 2 N–H and O–H groups in total. The smallest absolute Gasteiger partial charge is 0.229 e. The summed E-state index contributed by atoms with van der Waals surface area (Å²) in [5, 5.41) is 0. The van der Waals surface area contributed by atoms with Gasteiger partial charge in [0.25, 0.3) is 0 Å². The molecule has 116 valence electrons. The highest BCUT2D eigenvalue weighted by Gasteiger charge is 2.32. The van der Waals surface area contributed by atoms with Crippen LogP contribution in [0.3, 0.4) is 0 Å². The second-order valence-corrected chi connectivity index (χ2v) is 5.52. The Hall–Kier alpha value is -1.46. The van der Waals surface area contributed by atoms with Gasteiger partial charge in [0.2, 0.25) is 5.91 Å². The lowest BCUT2D eigenvalue weighted by Gasteiger charge is -2.28. The van der Waals surface area contributed by atoms with Gasteiger partial charge in [0.05, 0.1) is 13.0 Å². The van der Waals surface area contributed by atoms with Crippen LogP contribution >= 0.6 is 12.4 Å². The molecule has 0 bridgehead atoms. The van der Waals surface area contributed by atoms with Crippen molar-refractivity contribution in [3.05, 3.63) is 23.8 Å². The molecule has 5 nitrogen and oxygen atoms in total. The van der Waals surface area contributed by atoms with Crippen molar-refractivity contribution >= 4 is 18.3 Å². The van der Waals surface area contributed by atoms with Gasteiger partial charge >= 0.3 is 0 Å². The third-order valence-corrected chi connectivity index (χ3v) is 4.06. The predicted molar refractivity (Wildman–Crippen MR) is 82.1 cm³/mol. The van der Waals surface area contributed by atoms with Crippen LogP contribution in [-0.4, -0.2) is 43.7 Å². The maximum atomic E-state index is 12.5. The number of methoxy groups -OCH3 is 1. The summed E-state index contributed by atoms with van der Waals surface area (Å²) in [5.41, 5.74) is 6.90. The number of nitrogens with two attached hydrogens (primary N) is 1. The summed E-state index contributed by atoms with van der Waals surface area (Å²) in [6, 6.07) is 5.85. The zero-order chi connectivity index (χ0) is 14.1. The minimum atomic E-state index is -0.111. The SMILES string of the molecule is COc1ccc2c(c1)CC(C(=O)N1CC[C@@H](N)C1)CO2.Cl. The third-order valence-electron chi connectivity index (χ3n) is 4.06. The van der Waals surface area contributed by atoms with E-state index in [4.69, 9.17) is 15.2 Å². The van der Waals surface area contributed by atoms with Gasteiger partial charge in [0.1, 0.15) is 18.1 Å². The Morgan fingerprint density at radius 3 is 2.95 bits per heavy atom. The van der Waals surface area contributed by atoms with E-state index in [1.807, 2.05) is 23.1 Å². The van der Waals surface area contributed by atoms with E-state index < -0.39 is 0 Å². The van der Waals surface area contributed by atoms with E-state index in [2.05, 4.69) is 0 Å². The minimum absolute atomic E-state index is 0. The molecule has 0 aromatic heterocycles. The van der Waals surface area contributed by atoms with Crippen molar-refractivity contribution in [2.45, 2.75) is 18.9 Å². The molecule has 0 aliphatic carbocycles. The quantitative estimate of drug-likeness (QED) is 0.892. The Kier molecular flexibility index (Phi) is 4.96. The second-order valence-electron chi connectivity index (χ2n) is 5.52. The van der Waals surface area contributed by atoms with Gasteiger partial charge < -0.3 is 20.1 Å². The third kappa shape index (κ3) is 3.24. The zero-order valence-corrected chi connectivity index (χ0v) is 12.9. The van der Waals surface area contributed by atoms with E-state index in [0.29, 0.717) is 19.6 Å². The lowest BCUT2D eigenvalue weighted by molar-refractivity contribution is -0.135. The van der Waals surface area contributed by atoms with E-state index >= 15 is 0 Å². The van der Waals surface area contributed by atoms with E-state index in [1.54, 1.807) is 7.11 Å². The molecule has 3 rings (SSSR count). The van der Waals surface area contributed by atoms with Crippen LogP contribution in [0.15, 0.2) is 18.2 Å². The molecule has 1 fully saturated rings. The van der Waals surface area contributed by atoms with Gasteiger partial charge in [-0.2, -0.15) is 0 Å². The van der Waals surface area contributed by atoms with Crippen LogP contribution in [0.5, 0.6) is 11.5 Å². The van der Waals surface area contributed by atoms with Crippen molar-refractivity contribution in [2.75, 3.05) is 26.8 Å². The topological polar surface area (TPSA) is 64.8 Å². The van der Waals surface area contributed by atoms with Crippen molar-refractivity contribution in [2.24, 2.45) is 11.7 Å². The average molecular weight is 313 g/mol. The van der Waals surface area contributed by atoms with Gasteiger partial charge in [0.15, 0.2) is 0 Å². The fourth-order valence-electron chi connectivity index (χ4n) is 2.90. The van der Waals surface area contributed by atoms with Crippen LogP contribution in [0.4, 0.5) is 0 Å². The molecule has 1 unspecified atom stereocenters. The van der Waals surface area contributed by atoms with E-state index in [1.165, 1.54) is 0 Å². The van der Waals surface area contributed by atoms with Crippen LogP contribution in [0.1, 0.15) is 12.0 Å². The molecule has 0 saturated carbocycles. The highest BCUT2D eigenvalue weighted by molar-refractivity contribution is 5.85. The summed E-state index contributed by atoms with van der Waals surface area (Å²) in [4.78, 5) is 14.3. The van der Waals surface area contributed by atoms with Crippen LogP contribution in [0.2, 0.25) is 0 Å². The minimum Gasteiger partial charge on any atom is -0.497 e. The average Bonchev–Trinajstić information content (AvgIpc) is 2.91. The maximum absolute atomic E-state index is 12.5. The number of likely N-dealkylation sites (tertiary alicyclic amines) is 1. The van der Waals surface area contributed by atoms with Crippen molar-refractivity contribution in [1.82, 2.24) is 4.90 Å². The lowest BCUT2D eigenvalue weighted by Crippen LogP contribution is -2.40. The zero-order valence-electron chi connectivity index (χ0n) is 12.1. The van der Waals surface area contributed by atoms with Gasteiger partial charge in [-0.25, -0.2) is 0 Å². The summed E-state index contributed by atoms with van der Waals surface area (Å²) in [5.74, 6) is 1.70. The number of hydrogen-bond donors (Lipinski definition) is 1. The van der Waals surface area contributed by atoms with Crippen molar-refractivity contribution in [1.29, 1.82) is 0 Å². The molecule has 1 saturated heterocycles. The molecule has 2 aliphatic heterocycles. The Bertz CT molecular complexity index is 524. The fraction of sp³-hybridized carbons (Fsp3) is 0.533. The normalized spacial score (nSPS) is 23.8. The van der Waals surface area contributed by atoms with Gasteiger partial charge in [-0.3, -0.25) is 4.79 Å². The Morgan fingerprint density at radius 2 is 2.29 bits per heavy atom. The number of hydrogen-bond acceptors (Lipinski definition) is 4. The fourth-order valence-corrected chi connectivity index (χ4v) is 2.90. The highest BCUT2D eigenvalue weighted by atomic mass is 35.5. The first-order valence-corrected chi connectivity index (χ1v) is 7.01. The Labute approximate surface area is 130 Å². The molecular weight excluding hydrogens is 292 g/mol. The van der Waals surface area contributed by atoms with Gasteiger partial charge in [0, 0.05) is 19.1 Å². The number of carbonyl (C=O) groups excluding carboxylic acids is 1. The summed E-state index contributed by atoms with van der Waals surface area (Å²) in [6.45, 7) is 1.88. The summed E-state index contributed by atoms with van der Waals surface area (Å²) < 4.78 is 10.9. The second kappa shape index (κ2) is 6.54. The molecule has 21 heavy (non-hydrogen) atoms.